The largest absolute Gasteiger partial charge is 0.493 e. The molecule has 1 aliphatic heterocycles. The Labute approximate surface area is 149 Å². The molecule has 0 spiro atoms. The number of ether oxygens (including phenoxy) is 2. The van der Waals surface area contributed by atoms with Gasteiger partial charge in [0.1, 0.15) is 0 Å². The van der Waals surface area contributed by atoms with Gasteiger partial charge in [-0.05, 0) is 31.9 Å². The number of nitrogens with zero attached hydrogens (tertiary/aromatic N) is 1. The van der Waals surface area contributed by atoms with Crippen LogP contribution in [0.1, 0.15) is 38.2 Å². The summed E-state index contributed by atoms with van der Waals surface area (Å²) in [6, 6.07) is 3.68. The number of hydrogen-bond acceptors (Lipinski definition) is 4. The number of carbonyl (C=O) groups is 1. The summed E-state index contributed by atoms with van der Waals surface area (Å²) in [5, 5.41) is 4.04. The van der Waals surface area contributed by atoms with Crippen LogP contribution in [0, 0.1) is 0 Å². The van der Waals surface area contributed by atoms with E-state index in [1.807, 2.05) is 11.0 Å². The van der Waals surface area contributed by atoms with Crippen LogP contribution in [0.25, 0.3) is 0 Å². The third-order valence-corrected chi connectivity index (χ3v) is 4.25. The van der Waals surface area contributed by atoms with Gasteiger partial charge in [-0.15, -0.1) is 0 Å². The second-order valence-corrected chi connectivity index (χ2v) is 6.40. The first kappa shape index (κ1) is 18.9. The topological polar surface area (TPSA) is 50.8 Å². The van der Waals surface area contributed by atoms with Crippen LogP contribution < -0.4 is 14.8 Å². The molecular weight excluding hydrogens is 328 g/mol. The summed E-state index contributed by atoms with van der Waals surface area (Å²) in [4.78, 5) is 13.5. The standard InChI is InChI=1S/C18H27ClN2O3/c1-3-10-24-18-14(11-15(19)12-16(18)23-2)13-20-7-5-9-21-8-4-6-17(21)22/h11-12,20H,3-10,13H2,1-2H3. The van der Waals surface area contributed by atoms with E-state index in [0.717, 1.165) is 50.2 Å². The van der Waals surface area contributed by atoms with Crippen LogP contribution in [0.15, 0.2) is 12.1 Å². The minimum absolute atomic E-state index is 0.282. The van der Waals surface area contributed by atoms with Crippen LogP contribution in [0.5, 0.6) is 11.5 Å². The van der Waals surface area contributed by atoms with E-state index >= 15 is 0 Å². The predicted molar refractivity (Wildman–Crippen MR) is 95.9 cm³/mol. The van der Waals surface area contributed by atoms with Gasteiger partial charge in [0, 0.05) is 42.7 Å². The van der Waals surface area contributed by atoms with Crippen molar-refractivity contribution in [3.8, 4) is 11.5 Å². The van der Waals surface area contributed by atoms with Crippen LogP contribution in [0.4, 0.5) is 0 Å². The van der Waals surface area contributed by atoms with Gasteiger partial charge in [-0.25, -0.2) is 0 Å². The average molecular weight is 355 g/mol. The Bertz CT molecular complexity index is 551. The van der Waals surface area contributed by atoms with Crippen LogP contribution in [-0.2, 0) is 11.3 Å². The number of amides is 1. The molecule has 0 aromatic heterocycles. The first-order valence-corrected chi connectivity index (χ1v) is 9.01. The van der Waals surface area contributed by atoms with Crippen molar-refractivity contribution in [2.24, 2.45) is 0 Å². The second-order valence-electron chi connectivity index (χ2n) is 5.96. The summed E-state index contributed by atoms with van der Waals surface area (Å²) >= 11 is 6.17. The van der Waals surface area contributed by atoms with Crippen molar-refractivity contribution in [2.45, 2.75) is 39.2 Å². The average Bonchev–Trinajstić information content (AvgIpc) is 2.98. The normalized spacial score (nSPS) is 14.3. The van der Waals surface area contributed by atoms with Gasteiger partial charge in [-0.1, -0.05) is 18.5 Å². The molecule has 6 heteroatoms. The quantitative estimate of drug-likeness (QED) is 0.655. The van der Waals surface area contributed by atoms with E-state index in [1.54, 1.807) is 13.2 Å². The van der Waals surface area contributed by atoms with E-state index in [-0.39, 0.29) is 5.91 Å². The number of nitrogens with one attached hydrogen (secondary N) is 1. The molecule has 5 nitrogen and oxygen atoms in total. The highest BCUT2D eigenvalue weighted by Crippen LogP contribution is 2.34. The van der Waals surface area contributed by atoms with Gasteiger partial charge in [0.05, 0.1) is 13.7 Å². The van der Waals surface area contributed by atoms with Gasteiger partial charge < -0.3 is 19.7 Å². The summed E-state index contributed by atoms with van der Waals surface area (Å²) in [6.45, 7) is 5.93. The highest BCUT2D eigenvalue weighted by molar-refractivity contribution is 6.30. The Hall–Kier alpha value is -1.46. The van der Waals surface area contributed by atoms with E-state index in [2.05, 4.69) is 12.2 Å². The monoisotopic (exact) mass is 354 g/mol. The fourth-order valence-electron chi connectivity index (χ4n) is 2.83. The third kappa shape index (κ3) is 5.28. The fraction of sp³-hybridized carbons (Fsp3) is 0.611. The zero-order chi connectivity index (χ0) is 17.4. The lowest BCUT2D eigenvalue weighted by atomic mass is 10.1. The Morgan fingerprint density at radius 3 is 2.88 bits per heavy atom. The fourth-order valence-corrected chi connectivity index (χ4v) is 3.06. The van der Waals surface area contributed by atoms with E-state index in [0.29, 0.717) is 30.3 Å². The van der Waals surface area contributed by atoms with Gasteiger partial charge in [-0.2, -0.15) is 0 Å². The van der Waals surface area contributed by atoms with Crippen molar-refractivity contribution >= 4 is 17.5 Å². The molecule has 1 amide bonds. The number of hydrogen-bond donors (Lipinski definition) is 1. The van der Waals surface area contributed by atoms with Crippen molar-refractivity contribution in [3.05, 3.63) is 22.7 Å². The number of methoxy groups -OCH3 is 1. The summed E-state index contributed by atoms with van der Waals surface area (Å²) in [6.07, 6.45) is 3.57. The maximum atomic E-state index is 11.6. The lowest BCUT2D eigenvalue weighted by Gasteiger charge is -2.17. The molecule has 1 aliphatic rings. The number of benzene rings is 1. The van der Waals surface area contributed by atoms with Gasteiger partial charge >= 0.3 is 0 Å². The highest BCUT2D eigenvalue weighted by atomic mass is 35.5. The number of rotatable bonds is 10. The minimum atomic E-state index is 0.282. The van der Waals surface area contributed by atoms with Crippen molar-refractivity contribution in [1.82, 2.24) is 10.2 Å². The first-order valence-electron chi connectivity index (χ1n) is 8.63. The molecule has 0 bridgehead atoms. The summed E-state index contributed by atoms with van der Waals surface area (Å²) in [5.74, 6) is 1.70. The lowest BCUT2D eigenvalue weighted by Crippen LogP contribution is -2.28. The number of halogens is 1. The first-order chi connectivity index (χ1) is 11.7. The molecule has 0 saturated carbocycles. The van der Waals surface area contributed by atoms with Gasteiger partial charge in [-0.3, -0.25) is 4.79 Å². The molecule has 1 aromatic carbocycles. The Morgan fingerprint density at radius 2 is 2.21 bits per heavy atom. The van der Waals surface area contributed by atoms with Crippen molar-refractivity contribution in [3.63, 3.8) is 0 Å². The summed E-state index contributed by atoms with van der Waals surface area (Å²) in [5.41, 5.74) is 0.991. The Morgan fingerprint density at radius 1 is 1.38 bits per heavy atom. The van der Waals surface area contributed by atoms with Crippen molar-refractivity contribution in [2.75, 3.05) is 33.4 Å². The van der Waals surface area contributed by atoms with Crippen LogP contribution >= 0.6 is 11.6 Å². The van der Waals surface area contributed by atoms with E-state index < -0.39 is 0 Å². The smallest absolute Gasteiger partial charge is 0.222 e. The summed E-state index contributed by atoms with van der Waals surface area (Å²) in [7, 11) is 1.62. The molecule has 1 saturated heterocycles. The van der Waals surface area contributed by atoms with Crippen LogP contribution in [0.3, 0.4) is 0 Å². The zero-order valence-electron chi connectivity index (χ0n) is 14.6. The SMILES string of the molecule is CCCOc1c(CNCCCN2CCCC2=O)cc(Cl)cc1OC. The van der Waals surface area contributed by atoms with Gasteiger partial charge in [0.15, 0.2) is 11.5 Å². The molecule has 0 atom stereocenters. The highest BCUT2D eigenvalue weighted by Gasteiger charge is 2.19. The molecule has 134 valence electrons. The Kier molecular flexibility index (Phi) is 7.66. The molecule has 0 radical (unpaired) electrons. The molecule has 1 heterocycles. The van der Waals surface area contributed by atoms with Gasteiger partial charge in [0.2, 0.25) is 5.91 Å². The minimum Gasteiger partial charge on any atom is -0.493 e. The van der Waals surface area contributed by atoms with Crippen molar-refractivity contribution in [1.29, 1.82) is 0 Å². The molecule has 2 rings (SSSR count). The maximum Gasteiger partial charge on any atom is 0.222 e. The van der Waals surface area contributed by atoms with Crippen LogP contribution in [0.2, 0.25) is 5.02 Å². The lowest BCUT2D eigenvalue weighted by molar-refractivity contribution is -0.127. The third-order valence-electron chi connectivity index (χ3n) is 4.04. The van der Waals surface area contributed by atoms with Gasteiger partial charge in [0.25, 0.3) is 0 Å². The van der Waals surface area contributed by atoms with E-state index in [1.165, 1.54) is 0 Å². The molecule has 1 N–H and O–H groups in total. The van der Waals surface area contributed by atoms with E-state index in [4.69, 9.17) is 21.1 Å². The van der Waals surface area contributed by atoms with E-state index in [9.17, 15) is 4.79 Å². The Balaban J connectivity index is 1.86. The molecule has 24 heavy (non-hydrogen) atoms. The van der Waals surface area contributed by atoms with Crippen molar-refractivity contribution < 1.29 is 14.3 Å². The number of carbonyl (C=O) groups excluding carboxylic acids is 1. The summed E-state index contributed by atoms with van der Waals surface area (Å²) < 4.78 is 11.2. The molecule has 0 unspecified atom stereocenters. The zero-order valence-corrected chi connectivity index (χ0v) is 15.3. The molecule has 0 aliphatic carbocycles. The molecule has 1 fully saturated rings. The predicted octanol–water partition coefficient (Wildman–Crippen LogP) is 3.24. The second kappa shape index (κ2) is 9.74. The van der Waals surface area contributed by atoms with Crippen LogP contribution in [-0.4, -0.2) is 44.2 Å². The maximum absolute atomic E-state index is 11.6. The molecule has 1 aromatic rings. The molecular formula is C18H27ClN2O3. The number of likely N-dealkylation sites (tertiary alicyclic amines) is 1.